The average Bonchev–Trinajstić information content (AvgIpc) is 2.45. The maximum Gasteiger partial charge on any atom is 0.328 e. The lowest BCUT2D eigenvalue weighted by molar-refractivity contribution is -0.146. The fraction of sp³-hybridized carbons (Fsp3) is 0.529. The maximum atomic E-state index is 12.2. The van der Waals surface area contributed by atoms with Gasteiger partial charge in [0.05, 0.1) is 7.11 Å². The van der Waals surface area contributed by atoms with Crippen LogP contribution in [0, 0.1) is 12.8 Å². The van der Waals surface area contributed by atoms with Crippen molar-refractivity contribution in [2.24, 2.45) is 5.92 Å². The SMILES string of the molecule is COC(=O)[C@@H](CC(C)C)NC(=O)[C@@H](C)Oc1cccc(C)c1. The number of aryl methyl sites for hydroxylation is 1. The van der Waals surface area contributed by atoms with Gasteiger partial charge in [0.15, 0.2) is 6.10 Å². The van der Waals surface area contributed by atoms with Gasteiger partial charge in [-0.1, -0.05) is 26.0 Å². The summed E-state index contributed by atoms with van der Waals surface area (Å²) >= 11 is 0. The van der Waals surface area contributed by atoms with Gasteiger partial charge in [0, 0.05) is 0 Å². The summed E-state index contributed by atoms with van der Waals surface area (Å²) in [5.74, 6) is 0.112. The predicted octanol–water partition coefficient (Wildman–Crippen LogP) is 2.47. The van der Waals surface area contributed by atoms with Crippen LogP contribution in [0.25, 0.3) is 0 Å². The molecule has 2 atom stereocenters. The first-order valence-electron chi connectivity index (χ1n) is 7.45. The molecule has 0 aliphatic rings. The number of methoxy groups -OCH3 is 1. The molecule has 22 heavy (non-hydrogen) atoms. The van der Waals surface area contributed by atoms with Crippen molar-refractivity contribution >= 4 is 11.9 Å². The average molecular weight is 307 g/mol. The van der Waals surface area contributed by atoms with E-state index in [1.165, 1.54) is 7.11 Å². The number of hydrogen-bond donors (Lipinski definition) is 1. The predicted molar refractivity (Wildman–Crippen MR) is 84.7 cm³/mol. The van der Waals surface area contributed by atoms with Gasteiger partial charge in [-0.3, -0.25) is 4.79 Å². The first-order chi connectivity index (χ1) is 10.3. The van der Waals surface area contributed by atoms with Gasteiger partial charge in [0.2, 0.25) is 0 Å². The normalized spacial score (nSPS) is 13.4. The number of hydrogen-bond acceptors (Lipinski definition) is 4. The molecule has 0 aliphatic heterocycles. The summed E-state index contributed by atoms with van der Waals surface area (Å²) in [5, 5.41) is 2.70. The van der Waals surface area contributed by atoms with E-state index in [1.807, 2.05) is 39.0 Å². The molecule has 0 unspecified atom stereocenters. The number of nitrogens with one attached hydrogen (secondary N) is 1. The summed E-state index contributed by atoms with van der Waals surface area (Å²) in [6.45, 7) is 7.57. The summed E-state index contributed by atoms with van der Waals surface area (Å²) < 4.78 is 10.3. The van der Waals surface area contributed by atoms with E-state index in [4.69, 9.17) is 9.47 Å². The lowest BCUT2D eigenvalue weighted by Gasteiger charge is -2.21. The minimum Gasteiger partial charge on any atom is -0.481 e. The highest BCUT2D eigenvalue weighted by atomic mass is 16.5. The number of carbonyl (C=O) groups excluding carboxylic acids is 2. The van der Waals surface area contributed by atoms with Crippen LogP contribution in [0.5, 0.6) is 5.75 Å². The lowest BCUT2D eigenvalue weighted by Crippen LogP contribution is -2.47. The standard InChI is InChI=1S/C17H25NO4/c1-11(2)9-15(17(20)21-5)18-16(19)13(4)22-14-8-6-7-12(3)10-14/h6-8,10-11,13,15H,9H2,1-5H3,(H,18,19)/t13-,15-/m1/s1. The van der Waals surface area contributed by atoms with Crippen molar-refractivity contribution in [3.05, 3.63) is 29.8 Å². The summed E-state index contributed by atoms with van der Waals surface area (Å²) in [6, 6.07) is 6.82. The van der Waals surface area contributed by atoms with Gasteiger partial charge in [-0.25, -0.2) is 4.79 Å². The van der Waals surface area contributed by atoms with Crippen LogP contribution in [0.1, 0.15) is 32.8 Å². The van der Waals surface area contributed by atoms with E-state index in [2.05, 4.69) is 5.32 Å². The molecule has 1 rings (SSSR count). The van der Waals surface area contributed by atoms with E-state index < -0.39 is 18.1 Å². The van der Waals surface area contributed by atoms with Crippen LogP contribution in [-0.2, 0) is 14.3 Å². The van der Waals surface area contributed by atoms with E-state index in [9.17, 15) is 9.59 Å². The fourth-order valence-corrected chi connectivity index (χ4v) is 2.06. The van der Waals surface area contributed by atoms with Gasteiger partial charge < -0.3 is 14.8 Å². The van der Waals surface area contributed by atoms with E-state index in [1.54, 1.807) is 13.0 Å². The Labute approximate surface area is 132 Å². The second kappa shape index (κ2) is 8.41. The third-order valence-corrected chi connectivity index (χ3v) is 3.18. The minimum atomic E-state index is -0.693. The van der Waals surface area contributed by atoms with Gasteiger partial charge in [0.1, 0.15) is 11.8 Å². The quantitative estimate of drug-likeness (QED) is 0.786. The number of esters is 1. The Morgan fingerprint density at radius 2 is 1.91 bits per heavy atom. The minimum absolute atomic E-state index is 0.261. The Kier molecular flexibility index (Phi) is 6.89. The molecular weight excluding hydrogens is 282 g/mol. The van der Waals surface area contributed by atoms with Crippen molar-refractivity contribution in [1.29, 1.82) is 0 Å². The number of amides is 1. The molecule has 0 saturated heterocycles. The van der Waals surface area contributed by atoms with E-state index in [0.717, 1.165) is 5.56 Å². The van der Waals surface area contributed by atoms with Crippen LogP contribution >= 0.6 is 0 Å². The third kappa shape index (κ3) is 5.76. The largest absolute Gasteiger partial charge is 0.481 e. The molecule has 1 aromatic carbocycles. The molecule has 0 radical (unpaired) electrons. The summed E-state index contributed by atoms with van der Waals surface area (Å²) in [6.07, 6.45) is -0.170. The number of rotatable bonds is 7. The van der Waals surface area contributed by atoms with E-state index >= 15 is 0 Å². The molecular formula is C17H25NO4. The molecule has 5 nitrogen and oxygen atoms in total. The molecule has 5 heteroatoms. The molecule has 0 aromatic heterocycles. The van der Waals surface area contributed by atoms with Crippen LogP contribution < -0.4 is 10.1 Å². The molecule has 1 aromatic rings. The number of benzene rings is 1. The van der Waals surface area contributed by atoms with E-state index in [0.29, 0.717) is 12.2 Å². The highest BCUT2D eigenvalue weighted by Crippen LogP contribution is 2.14. The molecule has 0 bridgehead atoms. The first-order valence-corrected chi connectivity index (χ1v) is 7.45. The zero-order chi connectivity index (χ0) is 16.7. The Morgan fingerprint density at radius 3 is 2.45 bits per heavy atom. The van der Waals surface area contributed by atoms with Crippen LogP contribution in [0.2, 0.25) is 0 Å². The zero-order valence-electron chi connectivity index (χ0n) is 13.9. The van der Waals surface area contributed by atoms with Crippen molar-refractivity contribution in [3.63, 3.8) is 0 Å². The molecule has 1 amide bonds. The molecule has 1 N–H and O–H groups in total. The van der Waals surface area contributed by atoms with Crippen LogP contribution in [0.4, 0.5) is 0 Å². The van der Waals surface area contributed by atoms with Crippen molar-refractivity contribution in [2.45, 2.75) is 46.3 Å². The van der Waals surface area contributed by atoms with E-state index in [-0.39, 0.29) is 11.8 Å². The Hall–Kier alpha value is -2.04. The second-order valence-electron chi connectivity index (χ2n) is 5.79. The Balaban J connectivity index is 2.66. The highest BCUT2D eigenvalue weighted by molar-refractivity contribution is 5.86. The lowest BCUT2D eigenvalue weighted by atomic mass is 10.0. The molecule has 0 aliphatic carbocycles. The summed E-state index contributed by atoms with van der Waals surface area (Å²) in [7, 11) is 1.31. The smallest absolute Gasteiger partial charge is 0.328 e. The van der Waals surface area contributed by atoms with Gasteiger partial charge in [0.25, 0.3) is 5.91 Å². The van der Waals surface area contributed by atoms with Crippen molar-refractivity contribution in [1.82, 2.24) is 5.32 Å². The van der Waals surface area contributed by atoms with Gasteiger partial charge in [-0.2, -0.15) is 0 Å². The number of ether oxygens (including phenoxy) is 2. The Bertz CT molecular complexity index is 513. The van der Waals surface area contributed by atoms with Crippen LogP contribution in [0.3, 0.4) is 0 Å². The van der Waals surface area contributed by atoms with Crippen molar-refractivity contribution in [3.8, 4) is 5.75 Å². The van der Waals surface area contributed by atoms with Gasteiger partial charge in [-0.15, -0.1) is 0 Å². The van der Waals surface area contributed by atoms with Crippen LogP contribution in [-0.4, -0.2) is 31.1 Å². The molecule has 0 heterocycles. The topological polar surface area (TPSA) is 64.6 Å². The molecule has 0 fully saturated rings. The first kappa shape index (κ1) is 18.0. The van der Waals surface area contributed by atoms with Crippen molar-refractivity contribution < 1.29 is 19.1 Å². The third-order valence-electron chi connectivity index (χ3n) is 3.18. The summed E-state index contributed by atoms with van der Waals surface area (Å²) in [4.78, 5) is 23.9. The monoisotopic (exact) mass is 307 g/mol. The van der Waals surface area contributed by atoms with Gasteiger partial charge in [-0.05, 0) is 43.9 Å². The molecule has 0 saturated carbocycles. The highest BCUT2D eigenvalue weighted by Gasteiger charge is 2.25. The van der Waals surface area contributed by atoms with Gasteiger partial charge >= 0.3 is 5.97 Å². The number of carbonyl (C=O) groups is 2. The Morgan fingerprint density at radius 1 is 1.23 bits per heavy atom. The molecule has 0 spiro atoms. The van der Waals surface area contributed by atoms with Crippen molar-refractivity contribution in [2.75, 3.05) is 7.11 Å². The van der Waals surface area contributed by atoms with Crippen LogP contribution in [0.15, 0.2) is 24.3 Å². The zero-order valence-corrected chi connectivity index (χ0v) is 13.9. The molecule has 122 valence electrons. The summed E-state index contributed by atoms with van der Waals surface area (Å²) in [5.41, 5.74) is 1.05. The maximum absolute atomic E-state index is 12.2. The second-order valence-corrected chi connectivity index (χ2v) is 5.79. The fourth-order valence-electron chi connectivity index (χ4n) is 2.06.